The highest BCUT2D eigenvalue weighted by Crippen LogP contribution is 2.16. The highest BCUT2D eigenvalue weighted by atomic mass is 16.6. The van der Waals surface area contributed by atoms with E-state index in [9.17, 15) is 14.4 Å². The SMILES string of the molecule is CC/C=C\C/C=C\C/C=C\C/C=C\C/C=C\C/C=C\C/C=C\C/C=C\C/C=C\CCCC(=O)OCC(COC(=O)CCC/C=C\C/C=C\C/C=C\C/C=C\C/C=C\CC)OC(=O)CCCCCCCCCCCCCCCCCCCCC. The van der Waals surface area contributed by atoms with Crippen LogP contribution >= 0.6 is 0 Å². The van der Waals surface area contributed by atoms with Crippen molar-refractivity contribution in [2.75, 3.05) is 13.2 Å². The number of esters is 3. The third-order valence-electron chi connectivity index (χ3n) is 13.7. The molecule has 466 valence electrons. The number of unbranched alkanes of at least 4 members (excludes halogenated alkanes) is 20. The minimum Gasteiger partial charge on any atom is -0.462 e. The van der Waals surface area contributed by atoms with Crippen LogP contribution in [-0.2, 0) is 28.6 Å². The van der Waals surface area contributed by atoms with Crippen LogP contribution in [0.4, 0.5) is 0 Å². The molecule has 0 radical (unpaired) electrons. The largest absolute Gasteiger partial charge is 0.462 e. The van der Waals surface area contributed by atoms with E-state index < -0.39 is 6.10 Å². The molecule has 0 aromatic carbocycles. The summed E-state index contributed by atoms with van der Waals surface area (Å²) in [4.78, 5) is 38.4. The molecule has 0 saturated carbocycles. The average molecular weight is 1140 g/mol. The van der Waals surface area contributed by atoms with Crippen LogP contribution in [0.2, 0.25) is 0 Å². The van der Waals surface area contributed by atoms with Crippen LogP contribution in [0.1, 0.15) is 278 Å². The van der Waals surface area contributed by atoms with Crippen molar-refractivity contribution in [3.05, 3.63) is 170 Å². The van der Waals surface area contributed by atoms with Crippen molar-refractivity contribution in [1.82, 2.24) is 0 Å². The molecule has 0 heterocycles. The lowest BCUT2D eigenvalue weighted by Gasteiger charge is -2.18. The molecule has 6 heteroatoms. The van der Waals surface area contributed by atoms with Gasteiger partial charge in [-0.15, -0.1) is 0 Å². The Hall–Kier alpha value is -5.23. The Labute approximate surface area is 511 Å². The molecule has 0 saturated heterocycles. The van der Waals surface area contributed by atoms with Crippen molar-refractivity contribution in [1.29, 1.82) is 0 Å². The third-order valence-corrected chi connectivity index (χ3v) is 13.7. The van der Waals surface area contributed by atoms with E-state index in [2.05, 4.69) is 191 Å². The molecule has 6 nitrogen and oxygen atoms in total. The second-order valence-electron chi connectivity index (χ2n) is 21.6. The van der Waals surface area contributed by atoms with Crippen LogP contribution in [0.5, 0.6) is 0 Å². The fourth-order valence-electron chi connectivity index (χ4n) is 8.77. The lowest BCUT2D eigenvalue weighted by atomic mass is 10.0. The standard InChI is InChI=1S/C77H122O6/c1-4-7-10-13-16-19-22-25-28-31-33-34-35-36-37-38-39-40-41-42-44-46-49-52-55-58-61-64-67-70-76(79)82-73-74(72-81-75(78)69-66-63-60-57-54-51-48-45-30-27-24-21-18-15-12-9-6-3)83-77(80)71-68-65-62-59-56-53-50-47-43-32-29-26-23-20-17-14-11-8-5-2/h7,9-10,12,16,18-19,21,25,27-28,30,33-34,36-37,39-40,42,44,48-49,51-52,57-58,60-61,74H,4-6,8,11,13-15,17,20,22-24,26,29,31-32,35,38,41,43,45-47,50,53-56,59,62-73H2,1-3H3/b10-7-,12-9-,19-16-,21-18-,28-25-,30-27-,34-33-,37-36-,40-39-,44-42-,51-48-,52-49-,60-57-,61-58-. The van der Waals surface area contributed by atoms with Gasteiger partial charge in [-0.25, -0.2) is 0 Å². The molecule has 0 spiro atoms. The smallest absolute Gasteiger partial charge is 0.306 e. The lowest BCUT2D eigenvalue weighted by molar-refractivity contribution is -0.167. The summed E-state index contributed by atoms with van der Waals surface area (Å²) in [6.07, 6.45) is 102. The van der Waals surface area contributed by atoms with Crippen molar-refractivity contribution in [3.63, 3.8) is 0 Å². The molecule has 0 aliphatic carbocycles. The number of hydrogen-bond acceptors (Lipinski definition) is 6. The van der Waals surface area contributed by atoms with Crippen LogP contribution < -0.4 is 0 Å². The Bertz CT molecular complexity index is 1890. The van der Waals surface area contributed by atoms with E-state index in [0.29, 0.717) is 19.3 Å². The van der Waals surface area contributed by atoms with E-state index in [1.807, 2.05) is 0 Å². The van der Waals surface area contributed by atoms with Gasteiger partial charge in [-0.2, -0.15) is 0 Å². The van der Waals surface area contributed by atoms with Gasteiger partial charge in [0.25, 0.3) is 0 Å². The summed E-state index contributed by atoms with van der Waals surface area (Å²) >= 11 is 0. The minimum atomic E-state index is -0.833. The molecule has 0 fully saturated rings. The average Bonchev–Trinajstić information content (AvgIpc) is 3.49. The number of hydrogen-bond donors (Lipinski definition) is 0. The Balaban J connectivity index is 4.54. The molecule has 1 atom stereocenters. The van der Waals surface area contributed by atoms with Gasteiger partial charge in [0.15, 0.2) is 6.10 Å². The molecular weight excluding hydrogens is 1020 g/mol. The molecule has 0 N–H and O–H groups in total. The van der Waals surface area contributed by atoms with Gasteiger partial charge in [-0.1, -0.05) is 306 Å². The molecule has 0 bridgehead atoms. The molecule has 0 aromatic heterocycles. The van der Waals surface area contributed by atoms with Crippen LogP contribution in [0.25, 0.3) is 0 Å². The predicted molar refractivity (Wildman–Crippen MR) is 361 cm³/mol. The van der Waals surface area contributed by atoms with Crippen molar-refractivity contribution < 1.29 is 28.6 Å². The quantitative estimate of drug-likeness (QED) is 0.0261. The Morgan fingerprint density at radius 3 is 0.723 bits per heavy atom. The van der Waals surface area contributed by atoms with E-state index >= 15 is 0 Å². The normalized spacial score (nSPS) is 13.2. The Morgan fingerprint density at radius 1 is 0.253 bits per heavy atom. The maximum atomic E-state index is 12.9. The first kappa shape index (κ1) is 77.8. The topological polar surface area (TPSA) is 78.9 Å². The molecule has 1 unspecified atom stereocenters. The highest BCUT2D eigenvalue weighted by Gasteiger charge is 2.19. The van der Waals surface area contributed by atoms with E-state index in [1.54, 1.807) is 0 Å². The second kappa shape index (κ2) is 69.3. The number of carbonyl (C=O) groups is 3. The summed E-state index contributed by atoms with van der Waals surface area (Å²) in [5, 5.41) is 0. The van der Waals surface area contributed by atoms with Gasteiger partial charge in [0.05, 0.1) is 0 Å². The predicted octanol–water partition coefficient (Wildman–Crippen LogP) is 23.4. The zero-order chi connectivity index (χ0) is 59.9. The van der Waals surface area contributed by atoms with Crippen LogP contribution in [0.3, 0.4) is 0 Å². The summed E-state index contributed by atoms with van der Waals surface area (Å²) in [6.45, 7) is 6.33. The zero-order valence-electron chi connectivity index (χ0n) is 53.4. The van der Waals surface area contributed by atoms with Gasteiger partial charge in [0.1, 0.15) is 13.2 Å². The fourth-order valence-corrected chi connectivity index (χ4v) is 8.77. The maximum Gasteiger partial charge on any atom is 0.306 e. The van der Waals surface area contributed by atoms with E-state index in [4.69, 9.17) is 14.2 Å². The summed E-state index contributed by atoms with van der Waals surface area (Å²) < 4.78 is 16.8. The van der Waals surface area contributed by atoms with Crippen molar-refractivity contribution in [3.8, 4) is 0 Å². The first-order valence-corrected chi connectivity index (χ1v) is 33.6. The zero-order valence-corrected chi connectivity index (χ0v) is 53.4. The lowest BCUT2D eigenvalue weighted by Crippen LogP contribution is -2.30. The summed E-state index contributed by atoms with van der Waals surface area (Å²) in [7, 11) is 0. The second-order valence-corrected chi connectivity index (χ2v) is 21.6. The maximum absolute atomic E-state index is 12.9. The molecular formula is C77H122O6. The molecule has 0 aliphatic rings. The summed E-state index contributed by atoms with van der Waals surface area (Å²) in [5.41, 5.74) is 0. The van der Waals surface area contributed by atoms with Crippen LogP contribution in [0, 0.1) is 0 Å². The van der Waals surface area contributed by atoms with Gasteiger partial charge in [-0.05, 0) is 122 Å². The third kappa shape index (κ3) is 67.4. The molecule has 83 heavy (non-hydrogen) atoms. The monoisotopic (exact) mass is 1140 g/mol. The van der Waals surface area contributed by atoms with E-state index in [0.717, 1.165) is 122 Å². The van der Waals surface area contributed by atoms with Gasteiger partial charge in [0, 0.05) is 19.3 Å². The molecule has 0 aliphatic heterocycles. The van der Waals surface area contributed by atoms with Crippen molar-refractivity contribution in [2.45, 2.75) is 284 Å². The van der Waals surface area contributed by atoms with E-state index in [-0.39, 0.29) is 44.0 Å². The van der Waals surface area contributed by atoms with Crippen LogP contribution in [-0.4, -0.2) is 37.2 Å². The summed E-state index contributed by atoms with van der Waals surface area (Å²) in [6, 6.07) is 0. The highest BCUT2D eigenvalue weighted by molar-refractivity contribution is 5.71. The van der Waals surface area contributed by atoms with Crippen molar-refractivity contribution in [2.24, 2.45) is 0 Å². The van der Waals surface area contributed by atoms with Gasteiger partial charge in [0.2, 0.25) is 0 Å². The van der Waals surface area contributed by atoms with Crippen LogP contribution in [0.15, 0.2) is 170 Å². The number of rotatable bonds is 59. The van der Waals surface area contributed by atoms with E-state index in [1.165, 1.54) is 103 Å². The Kier molecular flexibility index (Phi) is 64.9. The number of carbonyl (C=O) groups excluding carboxylic acids is 3. The van der Waals surface area contributed by atoms with Gasteiger partial charge in [-0.3, -0.25) is 14.4 Å². The Morgan fingerprint density at radius 2 is 0.470 bits per heavy atom. The summed E-state index contributed by atoms with van der Waals surface area (Å²) in [5.74, 6) is -1.04. The molecule has 0 rings (SSSR count). The van der Waals surface area contributed by atoms with Crippen molar-refractivity contribution >= 4 is 17.9 Å². The number of ether oxygens (including phenoxy) is 3. The fraction of sp³-hybridized carbons (Fsp3) is 0.597. The first-order chi connectivity index (χ1) is 41.0. The number of allylic oxidation sites excluding steroid dienone is 28. The van der Waals surface area contributed by atoms with Gasteiger partial charge >= 0.3 is 17.9 Å². The first-order valence-electron chi connectivity index (χ1n) is 33.6. The minimum absolute atomic E-state index is 0.131. The molecule has 0 amide bonds. The molecule has 0 aromatic rings. The van der Waals surface area contributed by atoms with Gasteiger partial charge < -0.3 is 14.2 Å².